The molecule has 0 saturated heterocycles. The van der Waals surface area contributed by atoms with E-state index in [0.717, 1.165) is 16.7 Å². The summed E-state index contributed by atoms with van der Waals surface area (Å²) in [4.78, 5) is 0. The van der Waals surface area contributed by atoms with Crippen molar-refractivity contribution in [3.05, 3.63) is 0 Å². The summed E-state index contributed by atoms with van der Waals surface area (Å²) in [6.07, 6.45) is 9.41. The summed E-state index contributed by atoms with van der Waals surface area (Å²) in [5.41, 5.74) is 1.92. The van der Waals surface area contributed by atoms with Gasteiger partial charge in [-0.3, -0.25) is 0 Å². The fourth-order valence-corrected chi connectivity index (χ4v) is 3.86. The van der Waals surface area contributed by atoms with Gasteiger partial charge in [0.1, 0.15) is 0 Å². The Balaban J connectivity index is 1.59. The maximum atomic E-state index is 2.36. The molecule has 3 saturated carbocycles. The van der Waals surface area contributed by atoms with E-state index in [1.807, 2.05) is 0 Å². The highest BCUT2D eigenvalue weighted by atomic mass is 14.9. The van der Waals surface area contributed by atoms with Crippen LogP contribution in [0.4, 0.5) is 0 Å². The van der Waals surface area contributed by atoms with Crippen molar-refractivity contribution in [1.29, 1.82) is 0 Å². The molecule has 3 aliphatic rings. The van der Waals surface area contributed by atoms with Crippen LogP contribution in [-0.4, -0.2) is 0 Å². The highest BCUT2D eigenvalue weighted by Gasteiger charge is 2.85. The molecular weight excluding hydrogens is 144 g/mol. The first-order valence-corrected chi connectivity index (χ1v) is 5.71. The first-order chi connectivity index (χ1) is 5.71. The minimum Gasteiger partial charge on any atom is -0.0628 e. The van der Waals surface area contributed by atoms with E-state index in [4.69, 9.17) is 0 Å². The largest absolute Gasteiger partial charge is 0.0628 e. The zero-order valence-corrected chi connectivity index (χ0v) is 8.40. The molecule has 3 fully saturated rings. The molecular formula is C12H20. The SMILES string of the molecule is CC(C)CCC1C2(CC2)C12CC2. The fourth-order valence-electron chi connectivity index (χ4n) is 3.86. The van der Waals surface area contributed by atoms with Crippen LogP contribution in [0.1, 0.15) is 52.4 Å². The van der Waals surface area contributed by atoms with Crippen molar-refractivity contribution in [2.75, 3.05) is 0 Å². The van der Waals surface area contributed by atoms with E-state index in [1.165, 1.54) is 12.3 Å². The van der Waals surface area contributed by atoms with E-state index in [2.05, 4.69) is 13.8 Å². The molecule has 12 heavy (non-hydrogen) atoms. The molecule has 68 valence electrons. The lowest BCUT2D eigenvalue weighted by Gasteiger charge is -2.02. The summed E-state index contributed by atoms with van der Waals surface area (Å²) in [6, 6.07) is 0. The zero-order chi connectivity index (χ0) is 8.40. The summed E-state index contributed by atoms with van der Waals surface area (Å²) in [5, 5.41) is 0. The summed E-state index contributed by atoms with van der Waals surface area (Å²) < 4.78 is 0. The van der Waals surface area contributed by atoms with E-state index >= 15 is 0 Å². The van der Waals surface area contributed by atoms with Gasteiger partial charge in [-0.05, 0) is 54.8 Å². The Morgan fingerprint density at radius 2 is 1.58 bits per heavy atom. The van der Waals surface area contributed by atoms with E-state index in [9.17, 15) is 0 Å². The quantitative estimate of drug-likeness (QED) is 0.597. The second kappa shape index (κ2) is 1.91. The van der Waals surface area contributed by atoms with Crippen LogP contribution in [0, 0.1) is 22.7 Å². The van der Waals surface area contributed by atoms with Gasteiger partial charge in [-0.25, -0.2) is 0 Å². The summed E-state index contributed by atoms with van der Waals surface area (Å²) in [5.74, 6) is 2.12. The average molecular weight is 164 g/mol. The van der Waals surface area contributed by atoms with Crippen LogP contribution in [-0.2, 0) is 0 Å². The molecule has 0 nitrogen and oxygen atoms in total. The third-order valence-electron chi connectivity index (χ3n) is 4.85. The summed E-state index contributed by atoms with van der Waals surface area (Å²) in [6.45, 7) is 4.73. The highest BCUT2D eigenvalue weighted by molar-refractivity contribution is 5.34. The van der Waals surface area contributed by atoms with Gasteiger partial charge >= 0.3 is 0 Å². The lowest BCUT2D eigenvalue weighted by Crippen LogP contribution is -1.90. The number of hydrogen-bond acceptors (Lipinski definition) is 0. The van der Waals surface area contributed by atoms with Crippen molar-refractivity contribution < 1.29 is 0 Å². The Morgan fingerprint density at radius 3 is 1.92 bits per heavy atom. The smallest absolute Gasteiger partial charge is 0.0204 e. The van der Waals surface area contributed by atoms with Crippen molar-refractivity contribution in [3.8, 4) is 0 Å². The predicted molar refractivity (Wildman–Crippen MR) is 50.9 cm³/mol. The molecule has 2 spiro atoms. The number of rotatable bonds is 3. The van der Waals surface area contributed by atoms with Crippen LogP contribution < -0.4 is 0 Å². The molecule has 0 atom stereocenters. The van der Waals surface area contributed by atoms with Gasteiger partial charge in [-0.15, -0.1) is 0 Å². The first-order valence-electron chi connectivity index (χ1n) is 5.71. The molecule has 0 amide bonds. The molecule has 0 heterocycles. The van der Waals surface area contributed by atoms with E-state index in [-0.39, 0.29) is 0 Å². The standard InChI is InChI=1S/C12H20/c1-9(2)3-4-10-11(5-6-11)12(10)7-8-12/h9-10H,3-8H2,1-2H3. The minimum absolute atomic E-state index is 0.928. The Kier molecular flexibility index (Phi) is 1.18. The van der Waals surface area contributed by atoms with Crippen LogP contribution >= 0.6 is 0 Å². The molecule has 3 rings (SSSR count). The predicted octanol–water partition coefficient (Wildman–Crippen LogP) is 3.61. The van der Waals surface area contributed by atoms with Crippen molar-refractivity contribution in [2.24, 2.45) is 22.7 Å². The van der Waals surface area contributed by atoms with Crippen molar-refractivity contribution in [1.82, 2.24) is 0 Å². The molecule has 0 unspecified atom stereocenters. The molecule has 0 radical (unpaired) electrons. The molecule has 0 heteroatoms. The van der Waals surface area contributed by atoms with E-state index in [1.54, 1.807) is 32.1 Å². The maximum Gasteiger partial charge on any atom is -0.0204 e. The van der Waals surface area contributed by atoms with Crippen LogP contribution in [0.3, 0.4) is 0 Å². The van der Waals surface area contributed by atoms with Gasteiger partial charge in [0.05, 0.1) is 0 Å². The second-order valence-corrected chi connectivity index (χ2v) is 5.84. The normalized spacial score (nSPS) is 37.8. The molecule has 0 aliphatic heterocycles. The molecule has 0 aromatic rings. The van der Waals surface area contributed by atoms with Crippen LogP contribution in [0.15, 0.2) is 0 Å². The Morgan fingerprint density at radius 1 is 1.08 bits per heavy atom. The van der Waals surface area contributed by atoms with Crippen molar-refractivity contribution in [3.63, 3.8) is 0 Å². The maximum absolute atomic E-state index is 2.36. The monoisotopic (exact) mass is 164 g/mol. The lowest BCUT2D eigenvalue weighted by molar-refractivity contribution is 0.497. The van der Waals surface area contributed by atoms with Crippen molar-refractivity contribution >= 4 is 0 Å². The lowest BCUT2D eigenvalue weighted by atomic mass is 10.0. The van der Waals surface area contributed by atoms with Gasteiger partial charge < -0.3 is 0 Å². The van der Waals surface area contributed by atoms with Gasteiger partial charge in [0.25, 0.3) is 0 Å². The molecule has 0 aromatic carbocycles. The number of fused-ring (bicyclic) bond motifs is 1. The van der Waals surface area contributed by atoms with E-state index in [0.29, 0.717) is 0 Å². The first kappa shape index (κ1) is 7.41. The topological polar surface area (TPSA) is 0 Å². The second-order valence-electron chi connectivity index (χ2n) is 5.84. The zero-order valence-electron chi connectivity index (χ0n) is 8.40. The van der Waals surface area contributed by atoms with Gasteiger partial charge in [0, 0.05) is 0 Å². The van der Waals surface area contributed by atoms with Crippen LogP contribution in [0.5, 0.6) is 0 Å². The fraction of sp³-hybridized carbons (Fsp3) is 1.00. The van der Waals surface area contributed by atoms with Crippen molar-refractivity contribution in [2.45, 2.75) is 52.4 Å². The van der Waals surface area contributed by atoms with Gasteiger partial charge in [0.2, 0.25) is 0 Å². The third kappa shape index (κ3) is 0.701. The Bertz CT molecular complexity index is 188. The Labute approximate surface area is 75.7 Å². The summed E-state index contributed by atoms with van der Waals surface area (Å²) in [7, 11) is 0. The van der Waals surface area contributed by atoms with Crippen LogP contribution in [0.2, 0.25) is 0 Å². The van der Waals surface area contributed by atoms with Gasteiger partial charge in [-0.2, -0.15) is 0 Å². The Hall–Kier alpha value is 0. The summed E-state index contributed by atoms with van der Waals surface area (Å²) >= 11 is 0. The number of hydrogen-bond donors (Lipinski definition) is 0. The third-order valence-corrected chi connectivity index (χ3v) is 4.85. The highest BCUT2D eigenvalue weighted by Crippen LogP contribution is 2.93. The van der Waals surface area contributed by atoms with Gasteiger partial charge in [0.15, 0.2) is 0 Å². The van der Waals surface area contributed by atoms with E-state index < -0.39 is 0 Å². The molecule has 3 aliphatic carbocycles. The molecule has 0 bridgehead atoms. The van der Waals surface area contributed by atoms with Gasteiger partial charge in [-0.1, -0.05) is 20.3 Å². The molecule has 0 N–H and O–H groups in total. The van der Waals surface area contributed by atoms with Crippen LogP contribution in [0.25, 0.3) is 0 Å². The minimum atomic E-state index is 0.928. The molecule has 0 aromatic heterocycles. The average Bonchev–Trinajstić information content (AvgIpc) is 2.81.